The summed E-state index contributed by atoms with van der Waals surface area (Å²) in [4.78, 5) is 2.33. The Morgan fingerprint density at radius 3 is 2.00 bits per heavy atom. The molecule has 0 saturated carbocycles. The molecule has 3 radical (unpaired) electrons. The standard InChI is InChI=1S/C8H18NOSi/c1-5-9(6-2)7-8(3,4)10-11/h5-7H2,1-4H3. The zero-order valence-corrected chi connectivity index (χ0v) is 8.98. The van der Waals surface area contributed by atoms with Crippen molar-refractivity contribution in [1.82, 2.24) is 4.90 Å². The van der Waals surface area contributed by atoms with E-state index in [4.69, 9.17) is 4.43 Å². The Morgan fingerprint density at radius 2 is 1.73 bits per heavy atom. The molecule has 11 heavy (non-hydrogen) atoms. The van der Waals surface area contributed by atoms with Crippen molar-refractivity contribution in [3.63, 3.8) is 0 Å². The van der Waals surface area contributed by atoms with Crippen LogP contribution in [0.25, 0.3) is 0 Å². The summed E-state index contributed by atoms with van der Waals surface area (Å²) in [6, 6.07) is 0. The van der Waals surface area contributed by atoms with Gasteiger partial charge in [0.2, 0.25) is 10.5 Å². The minimum atomic E-state index is -0.0943. The topological polar surface area (TPSA) is 12.5 Å². The third-order valence-corrected chi connectivity index (χ3v) is 2.33. The Labute approximate surface area is 73.5 Å². The molecule has 0 heterocycles. The van der Waals surface area contributed by atoms with Crippen molar-refractivity contribution in [2.24, 2.45) is 0 Å². The molecule has 0 rings (SSSR count). The average molecular weight is 172 g/mol. The molecule has 0 fully saturated rings. The lowest BCUT2D eigenvalue weighted by atomic mass is 10.1. The highest BCUT2D eigenvalue weighted by atomic mass is 28.2. The molecule has 0 aromatic carbocycles. The maximum Gasteiger partial charge on any atom is 0.247 e. The van der Waals surface area contributed by atoms with E-state index in [0.717, 1.165) is 19.6 Å². The summed E-state index contributed by atoms with van der Waals surface area (Å²) in [5, 5.41) is 0. The van der Waals surface area contributed by atoms with Gasteiger partial charge in [-0.2, -0.15) is 0 Å². The van der Waals surface area contributed by atoms with Crippen molar-refractivity contribution in [3.8, 4) is 0 Å². The van der Waals surface area contributed by atoms with Crippen molar-refractivity contribution in [1.29, 1.82) is 0 Å². The molecule has 0 spiro atoms. The summed E-state index contributed by atoms with van der Waals surface area (Å²) >= 11 is 0. The normalized spacial score (nSPS) is 12.5. The van der Waals surface area contributed by atoms with Crippen molar-refractivity contribution < 1.29 is 4.43 Å². The summed E-state index contributed by atoms with van der Waals surface area (Å²) in [6.07, 6.45) is 0. The van der Waals surface area contributed by atoms with Crippen LogP contribution in [0.3, 0.4) is 0 Å². The maximum atomic E-state index is 5.14. The fourth-order valence-corrected chi connectivity index (χ4v) is 1.08. The predicted molar refractivity (Wildman–Crippen MR) is 48.7 cm³/mol. The quantitative estimate of drug-likeness (QED) is 0.578. The molecule has 0 aliphatic rings. The largest absolute Gasteiger partial charge is 0.412 e. The minimum Gasteiger partial charge on any atom is -0.412 e. The first kappa shape index (κ1) is 11.1. The molecular formula is C8H18NOSi. The highest BCUT2D eigenvalue weighted by Crippen LogP contribution is 2.08. The van der Waals surface area contributed by atoms with Gasteiger partial charge in [-0.1, -0.05) is 13.8 Å². The molecule has 0 bridgehead atoms. The molecule has 3 heteroatoms. The molecule has 0 aliphatic heterocycles. The Kier molecular flexibility index (Phi) is 4.96. The molecule has 0 N–H and O–H groups in total. The van der Waals surface area contributed by atoms with Gasteiger partial charge in [-0.25, -0.2) is 0 Å². The summed E-state index contributed by atoms with van der Waals surface area (Å²) in [7, 11) is 3.08. The molecule has 0 aliphatic carbocycles. The van der Waals surface area contributed by atoms with Crippen LogP contribution < -0.4 is 0 Å². The van der Waals surface area contributed by atoms with E-state index in [9.17, 15) is 0 Å². The van der Waals surface area contributed by atoms with Crippen LogP contribution in [-0.4, -0.2) is 40.6 Å². The number of nitrogens with zero attached hydrogens (tertiary/aromatic N) is 1. The van der Waals surface area contributed by atoms with E-state index in [-0.39, 0.29) is 5.60 Å². The lowest BCUT2D eigenvalue weighted by Crippen LogP contribution is -2.40. The van der Waals surface area contributed by atoms with Crippen molar-refractivity contribution in [2.75, 3.05) is 19.6 Å². The van der Waals surface area contributed by atoms with Gasteiger partial charge in [-0.05, 0) is 26.9 Å². The van der Waals surface area contributed by atoms with Gasteiger partial charge in [0.25, 0.3) is 0 Å². The van der Waals surface area contributed by atoms with Gasteiger partial charge >= 0.3 is 0 Å². The zero-order chi connectivity index (χ0) is 8.91. The smallest absolute Gasteiger partial charge is 0.247 e. The molecule has 0 aromatic rings. The lowest BCUT2D eigenvalue weighted by molar-refractivity contribution is 0.0726. The predicted octanol–water partition coefficient (Wildman–Crippen LogP) is 1.21. The minimum absolute atomic E-state index is 0.0943. The van der Waals surface area contributed by atoms with Crippen LogP contribution in [0, 0.1) is 0 Å². The number of likely N-dealkylation sites (N-methyl/N-ethyl adjacent to an activating group) is 1. The summed E-state index contributed by atoms with van der Waals surface area (Å²) in [5.41, 5.74) is -0.0943. The van der Waals surface area contributed by atoms with Crippen molar-refractivity contribution in [3.05, 3.63) is 0 Å². The van der Waals surface area contributed by atoms with E-state index < -0.39 is 0 Å². The second kappa shape index (κ2) is 4.90. The second-order valence-electron chi connectivity index (χ2n) is 3.32. The fourth-order valence-electron chi connectivity index (χ4n) is 1.02. The Morgan fingerprint density at radius 1 is 1.27 bits per heavy atom. The first-order valence-electron chi connectivity index (χ1n) is 4.12. The summed E-state index contributed by atoms with van der Waals surface area (Å²) < 4.78 is 5.14. The van der Waals surface area contributed by atoms with Crippen LogP contribution in [-0.2, 0) is 4.43 Å². The molecule has 0 amide bonds. The molecule has 0 unspecified atom stereocenters. The maximum absolute atomic E-state index is 5.14. The van der Waals surface area contributed by atoms with Gasteiger partial charge in [0.15, 0.2) is 0 Å². The van der Waals surface area contributed by atoms with Gasteiger partial charge in [-0.3, -0.25) is 0 Å². The van der Waals surface area contributed by atoms with Gasteiger partial charge in [0, 0.05) is 6.54 Å². The lowest BCUT2D eigenvalue weighted by Gasteiger charge is -2.30. The number of hydrogen-bond acceptors (Lipinski definition) is 2. The summed E-state index contributed by atoms with van der Waals surface area (Å²) in [5.74, 6) is 0. The Bertz CT molecular complexity index is 102. The van der Waals surface area contributed by atoms with E-state index >= 15 is 0 Å². The SMILES string of the molecule is CCN(CC)CC(C)(C)O[Si]. The van der Waals surface area contributed by atoms with Crippen LogP contribution in [0.15, 0.2) is 0 Å². The van der Waals surface area contributed by atoms with E-state index in [0.29, 0.717) is 0 Å². The number of rotatable bonds is 5. The zero-order valence-electron chi connectivity index (χ0n) is 7.98. The molecule has 0 atom stereocenters. The average Bonchev–Trinajstić information content (AvgIpc) is 2.00. The Balaban J connectivity index is 3.79. The molecular weight excluding hydrogens is 154 g/mol. The van der Waals surface area contributed by atoms with Crippen LogP contribution in [0.5, 0.6) is 0 Å². The van der Waals surface area contributed by atoms with Gasteiger partial charge in [0.05, 0.1) is 5.60 Å². The van der Waals surface area contributed by atoms with Crippen LogP contribution >= 0.6 is 0 Å². The second-order valence-corrected chi connectivity index (χ2v) is 3.53. The highest BCUT2D eigenvalue weighted by Gasteiger charge is 2.18. The molecule has 2 nitrogen and oxygen atoms in total. The molecule has 0 aromatic heterocycles. The van der Waals surface area contributed by atoms with Crippen LogP contribution in [0.2, 0.25) is 0 Å². The van der Waals surface area contributed by atoms with Crippen LogP contribution in [0.1, 0.15) is 27.7 Å². The van der Waals surface area contributed by atoms with E-state index in [1.54, 1.807) is 0 Å². The highest BCUT2D eigenvalue weighted by molar-refractivity contribution is 5.98. The van der Waals surface area contributed by atoms with Crippen LogP contribution in [0.4, 0.5) is 0 Å². The van der Waals surface area contributed by atoms with E-state index in [1.807, 2.05) is 0 Å². The Hall–Kier alpha value is 0.137. The van der Waals surface area contributed by atoms with Gasteiger partial charge < -0.3 is 9.33 Å². The van der Waals surface area contributed by atoms with Crippen molar-refractivity contribution >= 4 is 10.5 Å². The van der Waals surface area contributed by atoms with Crippen molar-refractivity contribution in [2.45, 2.75) is 33.3 Å². The fraction of sp³-hybridized carbons (Fsp3) is 1.00. The summed E-state index contributed by atoms with van der Waals surface area (Å²) in [6.45, 7) is 11.6. The third-order valence-electron chi connectivity index (χ3n) is 1.78. The van der Waals surface area contributed by atoms with Gasteiger partial charge in [0.1, 0.15) is 0 Å². The van der Waals surface area contributed by atoms with E-state index in [1.165, 1.54) is 0 Å². The molecule has 65 valence electrons. The third kappa shape index (κ3) is 4.56. The first-order valence-corrected chi connectivity index (χ1v) is 4.53. The van der Waals surface area contributed by atoms with E-state index in [2.05, 4.69) is 43.1 Å². The molecule has 0 saturated heterocycles. The van der Waals surface area contributed by atoms with Gasteiger partial charge in [-0.15, -0.1) is 0 Å². The monoisotopic (exact) mass is 172 g/mol. The number of hydrogen-bond donors (Lipinski definition) is 0. The first-order chi connectivity index (χ1) is 5.05.